The summed E-state index contributed by atoms with van der Waals surface area (Å²) in [6.07, 6.45) is 3.02. The van der Waals surface area contributed by atoms with Crippen molar-refractivity contribution in [2.24, 2.45) is 5.92 Å². The van der Waals surface area contributed by atoms with Gasteiger partial charge in [-0.2, -0.15) is 0 Å². The molecule has 0 radical (unpaired) electrons. The third-order valence-corrected chi connectivity index (χ3v) is 4.95. The van der Waals surface area contributed by atoms with Gasteiger partial charge in [0.15, 0.2) is 5.78 Å². The van der Waals surface area contributed by atoms with Crippen molar-refractivity contribution in [3.05, 3.63) is 65.7 Å². The van der Waals surface area contributed by atoms with Gasteiger partial charge in [-0.25, -0.2) is 0 Å². The van der Waals surface area contributed by atoms with Crippen molar-refractivity contribution in [2.45, 2.75) is 19.3 Å². The van der Waals surface area contributed by atoms with Gasteiger partial charge in [0.25, 0.3) is 0 Å². The first kappa shape index (κ1) is 16.7. The van der Waals surface area contributed by atoms with Crippen LogP contribution in [-0.4, -0.2) is 37.4 Å². The van der Waals surface area contributed by atoms with Gasteiger partial charge in [-0.3, -0.25) is 4.79 Å². The number of nitrogens with one attached hydrogen (secondary N) is 1. The van der Waals surface area contributed by atoms with Gasteiger partial charge in [0, 0.05) is 30.8 Å². The number of hydrogen-bond acceptors (Lipinski definition) is 3. The molecule has 2 aromatic rings. The first-order valence-electron chi connectivity index (χ1n) is 8.84. The van der Waals surface area contributed by atoms with Crippen molar-refractivity contribution in [3.63, 3.8) is 0 Å². The van der Waals surface area contributed by atoms with E-state index in [0.717, 1.165) is 44.5 Å². The molecule has 0 unspecified atom stereocenters. The molecule has 2 aromatic carbocycles. The minimum Gasteiger partial charge on any atom is -0.388 e. The van der Waals surface area contributed by atoms with E-state index in [9.17, 15) is 4.79 Å². The van der Waals surface area contributed by atoms with Gasteiger partial charge in [0.05, 0.1) is 0 Å². The second-order valence-corrected chi connectivity index (χ2v) is 6.55. The zero-order valence-corrected chi connectivity index (χ0v) is 14.4. The van der Waals surface area contributed by atoms with Crippen LogP contribution in [0.5, 0.6) is 0 Å². The number of ketones is 1. The summed E-state index contributed by atoms with van der Waals surface area (Å²) >= 11 is 0. The predicted molar refractivity (Wildman–Crippen MR) is 99.6 cm³/mol. The fourth-order valence-corrected chi connectivity index (χ4v) is 3.43. The topological polar surface area (TPSA) is 32.3 Å². The zero-order chi connectivity index (χ0) is 16.8. The second-order valence-electron chi connectivity index (χ2n) is 6.55. The van der Waals surface area contributed by atoms with E-state index in [0.29, 0.717) is 5.78 Å². The fourth-order valence-electron chi connectivity index (χ4n) is 3.43. The SMILES string of the molecule is CNc1cccc(CCN2CCC(C(=O)c3ccccc3)CC2)c1. The van der Waals surface area contributed by atoms with Crippen LogP contribution in [0.25, 0.3) is 0 Å². The Morgan fingerprint density at radius 1 is 1.08 bits per heavy atom. The summed E-state index contributed by atoms with van der Waals surface area (Å²) in [5.41, 5.74) is 3.39. The van der Waals surface area contributed by atoms with Crippen molar-refractivity contribution in [1.29, 1.82) is 0 Å². The van der Waals surface area contributed by atoms with Crippen LogP contribution in [0.4, 0.5) is 5.69 Å². The highest BCUT2D eigenvalue weighted by Gasteiger charge is 2.25. The molecule has 0 atom stereocenters. The molecule has 0 aromatic heterocycles. The zero-order valence-electron chi connectivity index (χ0n) is 14.4. The van der Waals surface area contributed by atoms with Crippen molar-refractivity contribution in [3.8, 4) is 0 Å². The molecule has 24 heavy (non-hydrogen) atoms. The number of nitrogens with zero attached hydrogens (tertiary/aromatic N) is 1. The van der Waals surface area contributed by atoms with Gasteiger partial charge in [-0.15, -0.1) is 0 Å². The Labute approximate surface area is 144 Å². The monoisotopic (exact) mass is 322 g/mol. The molecule has 0 bridgehead atoms. The van der Waals surface area contributed by atoms with Crippen molar-refractivity contribution >= 4 is 11.5 Å². The molecule has 0 amide bonds. The van der Waals surface area contributed by atoms with Gasteiger partial charge < -0.3 is 10.2 Å². The molecule has 3 heteroatoms. The lowest BCUT2D eigenvalue weighted by molar-refractivity contribution is 0.0841. The lowest BCUT2D eigenvalue weighted by atomic mass is 9.89. The standard InChI is InChI=1S/C21H26N2O/c1-22-20-9-5-6-17(16-20)10-13-23-14-11-19(12-15-23)21(24)18-7-3-2-4-8-18/h2-9,16,19,22H,10-15H2,1H3. The van der Waals surface area contributed by atoms with E-state index < -0.39 is 0 Å². The number of hydrogen-bond donors (Lipinski definition) is 1. The largest absolute Gasteiger partial charge is 0.388 e. The van der Waals surface area contributed by atoms with Crippen molar-refractivity contribution < 1.29 is 4.79 Å². The first-order chi connectivity index (χ1) is 11.8. The fraction of sp³-hybridized carbons (Fsp3) is 0.381. The number of carbonyl (C=O) groups excluding carboxylic acids is 1. The second kappa shape index (κ2) is 8.11. The van der Waals surface area contributed by atoms with E-state index >= 15 is 0 Å². The Morgan fingerprint density at radius 2 is 1.83 bits per heavy atom. The average Bonchev–Trinajstić information content (AvgIpc) is 2.67. The van der Waals surface area contributed by atoms with Crippen LogP contribution < -0.4 is 5.32 Å². The quantitative estimate of drug-likeness (QED) is 0.820. The third kappa shape index (κ3) is 4.24. The normalized spacial score (nSPS) is 16.0. The highest BCUT2D eigenvalue weighted by atomic mass is 16.1. The minimum absolute atomic E-state index is 0.191. The summed E-state index contributed by atoms with van der Waals surface area (Å²) in [6, 6.07) is 18.3. The van der Waals surface area contributed by atoms with Gasteiger partial charge in [-0.1, -0.05) is 42.5 Å². The Kier molecular flexibility index (Phi) is 5.65. The molecule has 3 rings (SSSR count). The summed E-state index contributed by atoms with van der Waals surface area (Å²) in [5.74, 6) is 0.508. The van der Waals surface area contributed by atoms with Gasteiger partial charge in [0.1, 0.15) is 0 Å². The Hall–Kier alpha value is -2.13. The van der Waals surface area contributed by atoms with Crippen LogP contribution in [0.1, 0.15) is 28.8 Å². The molecule has 0 aliphatic carbocycles. The van der Waals surface area contributed by atoms with E-state index in [2.05, 4.69) is 34.5 Å². The van der Waals surface area contributed by atoms with E-state index in [1.165, 1.54) is 11.3 Å². The number of benzene rings is 2. The predicted octanol–water partition coefficient (Wildman–Crippen LogP) is 3.87. The van der Waals surface area contributed by atoms with Crippen LogP contribution in [0.3, 0.4) is 0 Å². The van der Waals surface area contributed by atoms with Gasteiger partial charge in [0.2, 0.25) is 0 Å². The number of anilines is 1. The third-order valence-electron chi connectivity index (χ3n) is 4.95. The molecule has 1 fully saturated rings. The molecule has 0 spiro atoms. The summed E-state index contributed by atoms with van der Waals surface area (Å²) in [4.78, 5) is 15.0. The van der Waals surface area contributed by atoms with Gasteiger partial charge in [-0.05, 0) is 50.0 Å². The molecular formula is C21H26N2O. The Bertz CT molecular complexity index is 661. The van der Waals surface area contributed by atoms with Crippen LogP contribution in [0, 0.1) is 5.92 Å². The van der Waals surface area contributed by atoms with Crippen LogP contribution in [0.15, 0.2) is 54.6 Å². The van der Waals surface area contributed by atoms with Crippen molar-refractivity contribution in [1.82, 2.24) is 4.90 Å². The highest BCUT2D eigenvalue weighted by molar-refractivity contribution is 5.97. The molecule has 0 saturated carbocycles. The maximum atomic E-state index is 12.5. The molecule has 1 N–H and O–H groups in total. The number of rotatable bonds is 6. The highest BCUT2D eigenvalue weighted by Crippen LogP contribution is 2.22. The average molecular weight is 322 g/mol. The molecule has 1 aliphatic rings. The first-order valence-corrected chi connectivity index (χ1v) is 8.84. The summed E-state index contributed by atoms with van der Waals surface area (Å²) < 4.78 is 0. The molecule has 3 nitrogen and oxygen atoms in total. The van der Waals surface area contributed by atoms with Gasteiger partial charge >= 0.3 is 0 Å². The Balaban J connectivity index is 1.47. The van der Waals surface area contributed by atoms with E-state index in [1.54, 1.807) is 0 Å². The van der Waals surface area contributed by atoms with E-state index in [-0.39, 0.29) is 5.92 Å². The van der Waals surface area contributed by atoms with Crippen molar-refractivity contribution in [2.75, 3.05) is 32.0 Å². The number of likely N-dealkylation sites (tertiary alicyclic amines) is 1. The lowest BCUT2D eigenvalue weighted by Crippen LogP contribution is -2.37. The van der Waals surface area contributed by atoms with E-state index in [1.807, 2.05) is 37.4 Å². The van der Waals surface area contributed by atoms with Crippen LogP contribution in [-0.2, 0) is 6.42 Å². The number of Topliss-reactive ketones (excluding diaryl/α,β-unsaturated/α-hetero) is 1. The maximum absolute atomic E-state index is 12.5. The smallest absolute Gasteiger partial charge is 0.166 e. The minimum atomic E-state index is 0.191. The Morgan fingerprint density at radius 3 is 2.54 bits per heavy atom. The van der Waals surface area contributed by atoms with Crippen LogP contribution >= 0.6 is 0 Å². The number of carbonyl (C=O) groups is 1. The lowest BCUT2D eigenvalue weighted by Gasteiger charge is -2.31. The summed E-state index contributed by atoms with van der Waals surface area (Å²) in [6.45, 7) is 3.11. The maximum Gasteiger partial charge on any atom is 0.166 e. The van der Waals surface area contributed by atoms with E-state index in [4.69, 9.17) is 0 Å². The van der Waals surface area contributed by atoms with Crippen LogP contribution in [0.2, 0.25) is 0 Å². The molecule has 126 valence electrons. The molecule has 1 saturated heterocycles. The molecule has 1 aliphatic heterocycles. The summed E-state index contributed by atoms with van der Waals surface area (Å²) in [5, 5.41) is 3.19. The summed E-state index contributed by atoms with van der Waals surface area (Å²) in [7, 11) is 1.95. The molecular weight excluding hydrogens is 296 g/mol. The molecule has 1 heterocycles. The number of piperidine rings is 1.